The largest absolute Gasteiger partial charge is 0.0843 e. The van der Waals surface area contributed by atoms with Crippen LogP contribution in [0.3, 0.4) is 0 Å². The van der Waals surface area contributed by atoms with E-state index in [0.29, 0.717) is 5.69 Å². The molecule has 2 rings (SSSR count). The summed E-state index contributed by atoms with van der Waals surface area (Å²) in [6.45, 7) is 8.92. The van der Waals surface area contributed by atoms with Crippen molar-refractivity contribution >= 4 is 17.3 Å². The van der Waals surface area contributed by atoms with Crippen LogP contribution in [0.15, 0.2) is 53.6 Å². The number of rotatable bonds is 4. The molecule has 4 heteroatoms. The monoisotopic (exact) mass is 313 g/mol. The minimum Gasteiger partial charge on any atom is -0.0843 e. The third-order valence-electron chi connectivity index (χ3n) is 4.88. The summed E-state index contributed by atoms with van der Waals surface area (Å²) in [4.78, 5) is 2.81. The van der Waals surface area contributed by atoms with Gasteiger partial charge in [0.2, 0.25) is 0 Å². The Hall–Kier alpha value is -1.96. The quantitative estimate of drug-likeness (QED) is 0.349. The number of benzene rings is 2. The Bertz CT molecular complexity index is 694. The van der Waals surface area contributed by atoms with Crippen LogP contribution in [0.25, 0.3) is 10.4 Å². The fourth-order valence-electron chi connectivity index (χ4n) is 2.58. The summed E-state index contributed by atoms with van der Waals surface area (Å²) >= 11 is 6.00. The average molecular weight is 314 g/mol. The molecular formula is C18H20ClN3. The third-order valence-corrected chi connectivity index (χ3v) is 5.13. The summed E-state index contributed by atoms with van der Waals surface area (Å²) in [6, 6.07) is 15.8. The maximum atomic E-state index is 8.50. The predicted octanol–water partition coefficient (Wildman–Crippen LogP) is 6.54. The zero-order valence-corrected chi connectivity index (χ0v) is 14.1. The summed E-state index contributed by atoms with van der Waals surface area (Å²) in [7, 11) is 0. The van der Waals surface area contributed by atoms with Crippen LogP contribution in [-0.2, 0) is 10.8 Å². The first kappa shape index (κ1) is 16.4. The van der Waals surface area contributed by atoms with Gasteiger partial charge in [0.05, 0.1) is 0 Å². The van der Waals surface area contributed by atoms with E-state index in [9.17, 15) is 0 Å². The van der Waals surface area contributed by atoms with Crippen molar-refractivity contribution in [3.8, 4) is 0 Å². The number of hydrogen-bond donors (Lipinski definition) is 0. The molecule has 0 spiro atoms. The molecular weight excluding hydrogens is 294 g/mol. The molecule has 0 atom stereocenters. The van der Waals surface area contributed by atoms with E-state index < -0.39 is 0 Å². The molecule has 0 amide bonds. The molecule has 0 aliphatic rings. The minimum absolute atomic E-state index is 0.0857. The van der Waals surface area contributed by atoms with Gasteiger partial charge in [0.1, 0.15) is 0 Å². The van der Waals surface area contributed by atoms with Gasteiger partial charge in [0.25, 0.3) is 0 Å². The first-order valence-electron chi connectivity index (χ1n) is 7.21. The lowest BCUT2D eigenvalue weighted by Crippen LogP contribution is -2.40. The Morgan fingerprint density at radius 2 is 1.23 bits per heavy atom. The molecule has 2 aromatic rings. The van der Waals surface area contributed by atoms with Crippen LogP contribution in [0.4, 0.5) is 5.69 Å². The van der Waals surface area contributed by atoms with Crippen LogP contribution >= 0.6 is 11.6 Å². The summed E-state index contributed by atoms with van der Waals surface area (Å²) in [5.74, 6) is 0. The van der Waals surface area contributed by atoms with E-state index in [4.69, 9.17) is 17.1 Å². The second-order valence-electron chi connectivity index (χ2n) is 6.49. The third kappa shape index (κ3) is 2.96. The van der Waals surface area contributed by atoms with Gasteiger partial charge in [-0.1, -0.05) is 80.8 Å². The molecule has 0 heterocycles. The molecule has 0 aliphatic carbocycles. The number of nitrogens with zero attached hydrogens (tertiary/aromatic N) is 3. The van der Waals surface area contributed by atoms with E-state index in [1.807, 2.05) is 36.4 Å². The van der Waals surface area contributed by atoms with Crippen molar-refractivity contribution < 1.29 is 0 Å². The normalized spacial score (nSPS) is 11.9. The lowest BCUT2D eigenvalue weighted by atomic mass is 9.61. The Kier molecular flexibility index (Phi) is 4.50. The summed E-state index contributed by atoms with van der Waals surface area (Å²) in [5.41, 5.74) is 11.4. The highest BCUT2D eigenvalue weighted by molar-refractivity contribution is 6.30. The molecule has 0 aliphatic heterocycles. The molecule has 0 saturated carbocycles. The molecule has 0 unspecified atom stereocenters. The second kappa shape index (κ2) is 6.04. The van der Waals surface area contributed by atoms with Gasteiger partial charge in [-0.15, -0.1) is 0 Å². The number of hydrogen-bond acceptors (Lipinski definition) is 1. The topological polar surface area (TPSA) is 48.8 Å². The maximum Gasteiger partial charge on any atom is 0.0406 e. The Morgan fingerprint density at radius 3 is 1.64 bits per heavy atom. The van der Waals surface area contributed by atoms with E-state index in [0.717, 1.165) is 5.02 Å². The van der Waals surface area contributed by atoms with E-state index in [2.05, 4.69) is 49.9 Å². The van der Waals surface area contributed by atoms with Crippen molar-refractivity contribution in [3.05, 3.63) is 75.1 Å². The van der Waals surface area contributed by atoms with Gasteiger partial charge in [0.15, 0.2) is 0 Å². The first-order chi connectivity index (χ1) is 10.3. The van der Waals surface area contributed by atoms with Gasteiger partial charge in [0, 0.05) is 15.6 Å². The van der Waals surface area contributed by atoms with Crippen LogP contribution in [0.1, 0.15) is 38.8 Å². The van der Waals surface area contributed by atoms with Crippen molar-refractivity contribution in [1.82, 2.24) is 0 Å². The fourth-order valence-corrected chi connectivity index (χ4v) is 2.71. The maximum absolute atomic E-state index is 8.50. The lowest BCUT2D eigenvalue weighted by Gasteiger charge is -2.43. The molecule has 0 radical (unpaired) electrons. The first-order valence-corrected chi connectivity index (χ1v) is 7.58. The van der Waals surface area contributed by atoms with Crippen molar-refractivity contribution in [3.63, 3.8) is 0 Å². The Balaban J connectivity index is 2.42. The van der Waals surface area contributed by atoms with Gasteiger partial charge < -0.3 is 0 Å². The van der Waals surface area contributed by atoms with Crippen LogP contribution in [0, 0.1) is 0 Å². The van der Waals surface area contributed by atoms with Gasteiger partial charge in [-0.25, -0.2) is 0 Å². The summed E-state index contributed by atoms with van der Waals surface area (Å²) in [5, 5.41) is 4.37. The van der Waals surface area contributed by atoms with E-state index in [1.165, 1.54) is 11.1 Å². The fraction of sp³-hybridized carbons (Fsp3) is 0.333. The molecule has 0 fully saturated rings. The second-order valence-corrected chi connectivity index (χ2v) is 6.93. The van der Waals surface area contributed by atoms with Crippen molar-refractivity contribution in [2.75, 3.05) is 0 Å². The molecule has 2 aromatic carbocycles. The SMILES string of the molecule is CC(C)(c1ccc(Cl)cc1)C(C)(C)c1ccc(N=[N+]=[N-])cc1. The average Bonchev–Trinajstić information content (AvgIpc) is 2.48. The molecule has 0 saturated heterocycles. The van der Waals surface area contributed by atoms with Crippen LogP contribution in [0.2, 0.25) is 5.02 Å². The summed E-state index contributed by atoms with van der Waals surface area (Å²) < 4.78 is 0. The van der Waals surface area contributed by atoms with Crippen molar-refractivity contribution in [2.24, 2.45) is 5.11 Å². The lowest BCUT2D eigenvalue weighted by molar-refractivity contribution is 0.303. The van der Waals surface area contributed by atoms with Crippen LogP contribution in [-0.4, -0.2) is 0 Å². The highest BCUT2D eigenvalue weighted by Crippen LogP contribution is 2.44. The molecule has 3 nitrogen and oxygen atoms in total. The molecule has 0 aromatic heterocycles. The van der Waals surface area contributed by atoms with Crippen LogP contribution in [0.5, 0.6) is 0 Å². The zero-order chi connectivity index (χ0) is 16.4. The molecule has 114 valence electrons. The van der Waals surface area contributed by atoms with Crippen molar-refractivity contribution in [1.29, 1.82) is 0 Å². The van der Waals surface area contributed by atoms with Gasteiger partial charge in [-0.3, -0.25) is 0 Å². The molecule has 0 N–H and O–H groups in total. The van der Waals surface area contributed by atoms with E-state index in [1.54, 1.807) is 0 Å². The Morgan fingerprint density at radius 1 is 0.818 bits per heavy atom. The molecule has 0 bridgehead atoms. The van der Waals surface area contributed by atoms with E-state index >= 15 is 0 Å². The number of azide groups is 1. The highest BCUT2D eigenvalue weighted by atomic mass is 35.5. The zero-order valence-electron chi connectivity index (χ0n) is 13.3. The highest BCUT2D eigenvalue weighted by Gasteiger charge is 2.39. The van der Waals surface area contributed by atoms with Crippen LogP contribution < -0.4 is 0 Å². The summed E-state index contributed by atoms with van der Waals surface area (Å²) in [6.07, 6.45) is 0. The van der Waals surface area contributed by atoms with Gasteiger partial charge >= 0.3 is 0 Å². The van der Waals surface area contributed by atoms with Crippen molar-refractivity contribution in [2.45, 2.75) is 38.5 Å². The molecule has 22 heavy (non-hydrogen) atoms. The van der Waals surface area contributed by atoms with Gasteiger partial charge in [-0.05, 0) is 39.6 Å². The Labute approximate surface area is 136 Å². The standard InChI is InChI=1S/C18H20ClN3/c1-17(2,13-5-9-15(19)10-6-13)18(3,4)14-7-11-16(12-8-14)21-22-20/h5-12H,1-4H3. The minimum atomic E-state index is -0.101. The van der Waals surface area contributed by atoms with E-state index in [-0.39, 0.29) is 10.8 Å². The smallest absolute Gasteiger partial charge is 0.0406 e. The van der Waals surface area contributed by atoms with Gasteiger partial charge in [-0.2, -0.15) is 0 Å². The number of halogens is 1. The predicted molar refractivity (Wildman–Crippen MR) is 92.8 cm³/mol.